The number of aryl methyl sites for hydroxylation is 2. The lowest BCUT2D eigenvalue weighted by molar-refractivity contribution is -0.274. The lowest BCUT2D eigenvalue weighted by Crippen LogP contribution is -2.66. The lowest BCUT2D eigenvalue weighted by atomic mass is 9.96. The molecule has 0 aliphatic carbocycles. The average molecular weight is 689 g/mol. The maximum Gasteiger partial charge on any atom is 0.573 e. The van der Waals surface area contributed by atoms with Gasteiger partial charge < -0.3 is 14.7 Å². The number of sulfonamides is 1. The quantitative estimate of drug-likeness (QED) is 0.248. The van der Waals surface area contributed by atoms with E-state index in [0.29, 0.717) is 18.5 Å². The number of rotatable bonds is 8. The summed E-state index contributed by atoms with van der Waals surface area (Å²) < 4.78 is 103. The van der Waals surface area contributed by atoms with Crippen molar-refractivity contribution >= 4 is 37.3 Å². The molecule has 2 heterocycles. The molecule has 1 unspecified atom stereocenters. The molecule has 10 nitrogen and oxygen atoms in total. The predicted molar refractivity (Wildman–Crippen MR) is 170 cm³/mol. The second-order valence-electron chi connectivity index (χ2n) is 11.2. The molecule has 3 N–H and O–H groups in total. The molecular formula is C32H31F3N4O6S2. The number of alkyl halides is 3. The first kappa shape index (κ1) is 32.8. The molecular weight excluding hydrogens is 658 g/mol. The maximum absolute atomic E-state index is 13.8. The zero-order valence-electron chi connectivity index (χ0n) is 24.7. The summed E-state index contributed by atoms with van der Waals surface area (Å²) in [5.41, 5.74) is 3.73. The largest absolute Gasteiger partial charge is 0.573 e. The minimum atomic E-state index is -4.97. The third kappa shape index (κ3) is 7.23. The Morgan fingerprint density at radius 1 is 0.745 bits per heavy atom. The van der Waals surface area contributed by atoms with Gasteiger partial charge in [-0.2, -0.15) is 12.7 Å². The number of benzene rings is 4. The van der Waals surface area contributed by atoms with Gasteiger partial charge in [-0.15, -0.1) is 13.2 Å². The molecule has 6 rings (SSSR count). The fraction of sp³-hybridized carbons (Fsp3) is 0.250. The van der Waals surface area contributed by atoms with Crippen molar-refractivity contribution in [1.82, 2.24) is 9.03 Å². The van der Waals surface area contributed by atoms with Crippen molar-refractivity contribution in [2.24, 2.45) is 0 Å². The van der Waals surface area contributed by atoms with E-state index in [1.54, 1.807) is 30.3 Å². The zero-order valence-corrected chi connectivity index (χ0v) is 26.3. The third-order valence-corrected chi connectivity index (χ3v) is 11.1. The summed E-state index contributed by atoms with van der Waals surface area (Å²) in [6.45, 7) is -0.640. The van der Waals surface area contributed by atoms with E-state index in [2.05, 4.69) is 14.2 Å². The van der Waals surface area contributed by atoms with Gasteiger partial charge in [0.25, 0.3) is 0 Å². The van der Waals surface area contributed by atoms with Gasteiger partial charge in [-0.05, 0) is 72.5 Å². The molecule has 4 aromatic carbocycles. The second kappa shape index (κ2) is 12.8. The smallest absolute Gasteiger partial charge is 0.406 e. The van der Waals surface area contributed by atoms with Crippen LogP contribution in [0.4, 0.5) is 30.2 Å². The number of nitrogens with zero attached hydrogens (tertiary/aromatic N) is 2. The second-order valence-corrected chi connectivity index (χ2v) is 14.6. The van der Waals surface area contributed by atoms with E-state index in [0.717, 1.165) is 51.1 Å². The minimum absolute atomic E-state index is 0.201. The zero-order chi connectivity index (χ0) is 33.4. The molecule has 0 amide bonds. The van der Waals surface area contributed by atoms with Gasteiger partial charge in [-0.25, -0.2) is 13.1 Å². The Kier molecular flexibility index (Phi) is 8.93. The average Bonchev–Trinajstić information content (AvgIpc) is 3.19. The van der Waals surface area contributed by atoms with E-state index in [1.807, 2.05) is 53.4 Å². The molecule has 0 aromatic heterocycles. The van der Waals surface area contributed by atoms with Crippen LogP contribution in [-0.4, -0.2) is 63.9 Å². The number of hydrogen-bond acceptors (Lipinski definition) is 7. The SMILES string of the molecule is O=S(=O)(N[C@@H]1CN(S(=O)(=O)Nc2ccccc2)CC(N2c3ccccc3CCc3ccccc32)[C@H]1O)c1ccc(OC(F)(F)F)cc1. The molecule has 2 aliphatic heterocycles. The fourth-order valence-electron chi connectivity index (χ4n) is 6.00. The van der Waals surface area contributed by atoms with Gasteiger partial charge in [0.2, 0.25) is 10.0 Å². The Hall–Kier alpha value is -4.15. The van der Waals surface area contributed by atoms with Crippen LogP contribution >= 0.6 is 0 Å². The summed E-state index contributed by atoms with van der Waals surface area (Å²) >= 11 is 0. The number of ether oxygens (including phenoxy) is 1. The number of para-hydroxylation sites is 3. The van der Waals surface area contributed by atoms with Gasteiger partial charge in [-0.3, -0.25) is 4.72 Å². The van der Waals surface area contributed by atoms with Crippen LogP contribution in [0.1, 0.15) is 11.1 Å². The molecule has 1 saturated heterocycles. The van der Waals surface area contributed by atoms with E-state index in [4.69, 9.17) is 0 Å². The third-order valence-electron chi connectivity index (χ3n) is 8.13. The molecule has 4 aromatic rings. The molecule has 3 atom stereocenters. The Morgan fingerprint density at radius 3 is 1.87 bits per heavy atom. The van der Waals surface area contributed by atoms with Crippen molar-refractivity contribution in [2.45, 2.75) is 42.3 Å². The summed E-state index contributed by atoms with van der Waals surface area (Å²) in [4.78, 5) is 1.47. The van der Waals surface area contributed by atoms with Crippen molar-refractivity contribution in [3.05, 3.63) is 114 Å². The molecule has 0 saturated carbocycles. The van der Waals surface area contributed by atoms with Crippen molar-refractivity contribution in [3.8, 4) is 5.75 Å². The molecule has 248 valence electrons. The Labute approximate surface area is 270 Å². The van der Waals surface area contributed by atoms with E-state index >= 15 is 0 Å². The van der Waals surface area contributed by atoms with Crippen molar-refractivity contribution < 1.29 is 39.9 Å². The van der Waals surface area contributed by atoms with Gasteiger partial charge in [0.15, 0.2) is 0 Å². The van der Waals surface area contributed by atoms with Gasteiger partial charge in [-0.1, -0.05) is 54.6 Å². The maximum atomic E-state index is 13.8. The van der Waals surface area contributed by atoms with Crippen LogP contribution in [-0.2, 0) is 33.1 Å². The van der Waals surface area contributed by atoms with Crippen molar-refractivity contribution in [3.63, 3.8) is 0 Å². The molecule has 15 heteroatoms. The van der Waals surface area contributed by atoms with E-state index in [1.165, 1.54) is 0 Å². The first-order chi connectivity index (χ1) is 22.3. The molecule has 0 spiro atoms. The summed E-state index contributed by atoms with van der Waals surface area (Å²) in [6, 6.07) is 24.6. The minimum Gasteiger partial charge on any atom is -0.406 e. The lowest BCUT2D eigenvalue weighted by Gasteiger charge is -2.46. The molecule has 47 heavy (non-hydrogen) atoms. The van der Waals surface area contributed by atoms with Crippen LogP contribution in [0.15, 0.2) is 108 Å². The van der Waals surface area contributed by atoms with Crippen LogP contribution in [0.3, 0.4) is 0 Å². The number of hydrogen-bond donors (Lipinski definition) is 3. The number of piperidine rings is 1. The van der Waals surface area contributed by atoms with Crippen LogP contribution in [0.2, 0.25) is 0 Å². The number of anilines is 3. The summed E-state index contributed by atoms with van der Waals surface area (Å²) in [6.07, 6.45) is -5.02. The van der Waals surface area contributed by atoms with Crippen LogP contribution in [0.5, 0.6) is 5.75 Å². The van der Waals surface area contributed by atoms with Crippen LogP contribution < -0.4 is 19.1 Å². The monoisotopic (exact) mass is 688 g/mol. The number of fused-ring (bicyclic) bond motifs is 2. The fourth-order valence-corrected chi connectivity index (χ4v) is 8.51. The van der Waals surface area contributed by atoms with Gasteiger partial charge in [0.1, 0.15) is 5.75 Å². The summed E-state index contributed by atoms with van der Waals surface area (Å²) in [7, 11) is -8.75. The highest BCUT2D eigenvalue weighted by Gasteiger charge is 2.46. The number of halogens is 3. The highest BCUT2D eigenvalue weighted by Crippen LogP contribution is 2.40. The number of aliphatic hydroxyl groups is 1. The molecule has 0 bridgehead atoms. The standard InChI is InChI=1S/C32H31F3N4O6S2/c33-32(34,35)45-25-16-18-26(19-17-25)46(41,42)37-27-20-38(47(43,44)36-24-10-2-1-3-11-24)21-30(31(27)40)39-28-12-6-4-8-22(28)14-15-23-9-5-7-13-29(23)39/h1-13,16-19,27,30-31,36-37,40H,14-15,20-21H2/t27-,30?,31+/m1/s1. The van der Waals surface area contributed by atoms with Crippen LogP contribution in [0.25, 0.3) is 0 Å². The predicted octanol–water partition coefficient (Wildman–Crippen LogP) is 4.57. The Bertz CT molecular complexity index is 1900. The van der Waals surface area contributed by atoms with Crippen LogP contribution in [0, 0.1) is 0 Å². The highest BCUT2D eigenvalue weighted by molar-refractivity contribution is 7.90. The number of nitrogens with one attached hydrogen (secondary N) is 2. The number of aliphatic hydroxyl groups excluding tert-OH is 1. The molecule has 1 fully saturated rings. The Morgan fingerprint density at radius 2 is 1.30 bits per heavy atom. The summed E-state index contributed by atoms with van der Waals surface area (Å²) in [5, 5.41) is 11.9. The normalized spacial score (nSPS) is 20.5. The first-order valence-electron chi connectivity index (χ1n) is 14.6. The molecule has 0 radical (unpaired) electrons. The topological polar surface area (TPSA) is 128 Å². The van der Waals surface area contributed by atoms with Crippen molar-refractivity contribution in [2.75, 3.05) is 22.7 Å². The highest BCUT2D eigenvalue weighted by atomic mass is 32.2. The van der Waals surface area contributed by atoms with E-state index in [-0.39, 0.29) is 6.54 Å². The summed E-state index contributed by atoms with van der Waals surface area (Å²) in [5.74, 6) is -0.614. The van der Waals surface area contributed by atoms with Gasteiger partial charge in [0, 0.05) is 30.2 Å². The first-order valence-corrected chi connectivity index (χ1v) is 17.6. The van der Waals surface area contributed by atoms with Gasteiger partial charge >= 0.3 is 16.6 Å². The van der Waals surface area contributed by atoms with E-state index < -0.39 is 62.0 Å². The van der Waals surface area contributed by atoms with Crippen molar-refractivity contribution in [1.29, 1.82) is 0 Å². The molecule has 2 aliphatic rings. The Balaban J connectivity index is 1.39. The van der Waals surface area contributed by atoms with Gasteiger partial charge in [0.05, 0.1) is 23.1 Å². The van der Waals surface area contributed by atoms with E-state index in [9.17, 15) is 35.1 Å².